The Kier molecular flexibility index (Phi) is 7.53. The molecule has 1 amide bonds. The van der Waals surface area contributed by atoms with E-state index in [2.05, 4.69) is 16.7 Å². The van der Waals surface area contributed by atoms with E-state index in [0.29, 0.717) is 16.9 Å². The molecule has 0 radical (unpaired) electrons. The van der Waals surface area contributed by atoms with Crippen molar-refractivity contribution in [3.05, 3.63) is 83.8 Å². The van der Waals surface area contributed by atoms with Gasteiger partial charge in [0.05, 0.1) is 30.3 Å². The van der Waals surface area contributed by atoms with Gasteiger partial charge in [0.25, 0.3) is 5.91 Å². The Morgan fingerprint density at radius 2 is 1.95 bits per heavy atom. The molecule has 0 spiro atoms. The largest absolute Gasteiger partial charge is 0.495 e. The number of allylic oxidation sites excluding steroid dienone is 3. The molecule has 0 aromatic carbocycles. The molecule has 0 fully saturated rings. The third-order valence-corrected chi connectivity index (χ3v) is 5.38. The van der Waals surface area contributed by atoms with Gasteiger partial charge in [0.15, 0.2) is 5.69 Å². The molecule has 37 heavy (non-hydrogen) atoms. The number of anilines is 1. The lowest BCUT2D eigenvalue weighted by atomic mass is 9.87. The first-order valence-corrected chi connectivity index (χ1v) is 10.4. The normalized spacial score (nSPS) is 18.6. The van der Waals surface area contributed by atoms with Crippen LogP contribution in [-0.4, -0.2) is 40.5 Å². The number of carbonyl (C=O) groups excluding carboxylic acids is 1. The number of nitrogens with one attached hydrogen (secondary N) is 1. The summed E-state index contributed by atoms with van der Waals surface area (Å²) in [4.78, 5) is 16.0. The highest BCUT2D eigenvalue weighted by Gasteiger charge is 2.46. The number of hydrogen-bond donors (Lipinski definition) is 2. The highest BCUT2D eigenvalue weighted by molar-refractivity contribution is 6.05. The number of alkyl halides is 6. The van der Waals surface area contributed by atoms with E-state index in [1.54, 1.807) is 0 Å². The Balaban J connectivity index is 2.16. The van der Waals surface area contributed by atoms with Gasteiger partial charge in [-0.25, -0.2) is 4.68 Å². The summed E-state index contributed by atoms with van der Waals surface area (Å²) in [7, 11) is 2.52. The van der Waals surface area contributed by atoms with E-state index in [4.69, 9.17) is 15.2 Å². The van der Waals surface area contributed by atoms with E-state index in [1.165, 1.54) is 38.5 Å². The molecule has 3 rings (SSSR count). The molecule has 1 unspecified atom stereocenters. The van der Waals surface area contributed by atoms with Gasteiger partial charge in [-0.3, -0.25) is 9.78 Å². The minimum Gasteiger partial charge on any atom is -0.495 e. The number of carbonyl (C=O) groups is 1. The Hall–Kier alpha value is -4.07. The minimum absolute atomic E-state index is 0.0563. The SMILES string of the molecule is C=C/C=C\C1(OC)CC(N)=C(OC)C=C1n1ncc(C(=O)Nc2ccnc(C(F)(F)F)c2)c1C(F)(F)F. The predicted octanol–water partition coefficient (Wildman–Crippen LogP) is 4.76. The molecule has 1 atom stereocenters. The minimum atomic E-state index is -5.12. The fraction of sp³-hybridized carbons (Fsp3) is 0.261. The van der Waals surface area contributed by atoms with Crippen molar-refractivity contribution in [3.8, 4) is 0 Å². The Morgan fingerprint density at radius 3 is 2.51 bits per heavy atom. The summed E-state index contributed by atoms with van der Waals surface area (Å²) in [5, 5.41) is 5.82. The van der Waals surface area contributed by atoms with Gasteiger partial charge in [0.1, 0.15) is 17.1 Å². The van der Waals surface area contributed by atoms with Crippen LogP contribution in [-0.2, 0) is 21.8 Å². The van der Waals surface area contributed by atoms with E-state index in [9.17, 15) is 31.1 Å². The lowest BCUT2D eigenvalue weighted by Gasteiger charge is -2.36. The molecule has 1 aliphatic rings. The first-order valence-electron chi connectivity index (χ1n) is 10.4. The van der Waals surface area contributed by atoms with E-state index in [-0.39, 0.29) is 23.6 Å². The van der Waals surface area contributed by atoms with Gasteiger partial charge < -0.3 is 20.5 Å². The predicted molar refractivity (Wildman–Crippen MR) is 121 cm³/mol. The molecule has 8 nitrogen and oxygen atoms in total. The van der Waals surface area contributed by atoms with Crippen molar-refractivity contribution >= 4 is 17.3 Å². The van der Waals surface area contributed by atoms with Gasteiger partial charge in [-0.2, -0.15) is 31.4 Å². The summed E-state index contributed by atoms with van der Waals surface area (Å²) < 4.78 is 93.0. The van der Waals surface area contributed by atoms with Crippen LogP contribution in [0.5, 0.6) is 0 Å². The first-order chi connectivity index (χ1) is 17.3. The average molecular weight is 529 g/mol. The Bertz CT molecular complexity index is 1290. The Morgan fingerprint density at radius 1 is 1.24 bits per heavy atom. The van der Waals surface area contributed by atoms with Crippen molar-refractivity contribution in [3.63, 3.8) is 0 Å². The zero-order valence-corrected chi connectivity index (χ0v) is 19.4. The van der Waals surface area contributed by atoms with Crippen LogP contribution in [0.25, 0.3) is 5.70 Å². The zero-order chi connectivity index (χ0) is 27.6. The van der Waals surface area contributed by atoms with Gasteiger partial charge in [-0.15, -0.1) is 0 Å². The van der Waals surface area contributed by atoms with E-state index < -0.39 is 46.5 Å². The second kappa shape index (κ2) is 10.1. The van der Waals surface area contributed by atoms with Gasteiger partial charge in [-0.05, 0) is 18.2 Å². The number of ether oxygens (including phenoxy) is 2. The summed E-state index contributed by atoms with van der Waals surface area (Å²) in [5.41, 5.74) is 0.269. The molecule has 14 heteroatoms. The zero-order valence-electron chi connectivity index (χ0n) is 19.4. The van der Waals surface area contributed by atoms with Gasteiger partial charge in [0.2, 0.25) is 0 Å². The highest BCUT2D eigenvalue weighted by atomic mass is 19.4. The lowest BCUT2D eigenvalue weighted by molar-refractivity contribution is -0.143. The second-order valence-electron chi connectivity index (χ2n) is 7.69. The summed E-state index contributed by atoms with van der Waals surface area (Å²) in [6.45, 7) is 3.54. The molecule has 2 aromatic rings. The number of nitrogens with zero attached hydrogens (tertiary/aromatic N) is 3. The Labute approximate surface area is 206 Å². The molecule has 2 aromatic heterocycles. The van der Waals surface area contributed by atoms with Gasteiger partial charge in [-0.1, -0.05) is 18.7 Å². The number of rotatable bonds is 7. The van der Waals surface area contributed by atoms with Crippen LogP contribution in [0.2, 0.25) is 0 Å². The van der Waals surface area contributed by atoms with E-state index >= 15 is 0 Å². The van der Waals surface area contributed by atoms with Crippen LogP contribution in [0, 0.1) is 0 Å². The molecule has 2 heterocycles. The number of nitrogens with two attached hydrogens (primary N) is 1. The number of methoxy groups -OCH3 is 2. The van der Waals surface area contributed by atoms with Crippen molar-refractivity contribution in [2.24, 2.45) is 5.73 Å². The first kappa shape index (κ1) is 27.5. The number of aromatic nitrogens is 3. The molecule has 3 N–H and O–H groups in total. The smallest absolute Gasteiger partial charge is 0.434 e. The number of pyridine rings is 1. The molecule has 198 valence electrons. The van der Waals surface area contributed by atoms with Crippen LogP contribution in [0.4, 0.5) is 32.0 Å². The summed E-state index contributed by atoms with van der Waals surface area (Å²) in [5.74, 6) is -1.29. The van der Waals surface area contributed by atoms with Crippen LogP contribution >= 0.6 is 0 Å². The topological polar surface area (TPSA) is 104 Å². The van der Waals surface area contributed by atoms with Crippen LogP contribution in [0.15, 0.2) is 66.9 Å². The summed E-state index contributed by atoms with van der Waals surface area (Å²) in [6, 6.07) is 1.50. The third kappa shape index (κ3) is 5.53. The maximum Gasteiger partial charge on any atom is 0.434 e. The molecular weight excluding hydrogens is 508 g/mol. The van der Waals surface area contributed by atoms with Gasteiger partial charge in [0, 0.05) is 31.5 Å². The number of hydrogen-bond acceptors (Lipinski definition) is 6. The highest BCUT2D eigenvalue weighted by Crippen LogP contribution is 2.42. The lowest BCUT2D eigenvalue weighted by Crippen LogP contribution is -2.39. The maximum absolute atomic E-state index is 14.3. The quantitative estimate of drug-likeness (QED) is 0.396. The van der Waals surface area contributed by atoms with E-state index in [1.807, 2.05) is 5.32 Å². The molecule has 1 aliphatic carbocycles. The standard InChI is InChI=1S/C23H21F6N5O3/c1-4-5-7-21(37-3)11-15(30)16(36-2)10-18(21)34-19(23(27,28)29)14(12-32-34)20(35)33-13-6-8-31-17(9-13)22(24,25)26/h4-10,12H,1,11,30H2,2-3H3,(H,31,33,35)/b7-5-. The molecule has 0 aliphatic heterocycles. The van der Waals surface area contributed by atoms with Crippen molar-refractivity contribution in [2.75, 3.05) is 19.5 Å². The average Bonchev–Trinajstić information content (AvgIpc) is 3.28. The van der Waals surface area contributed by atoms with Crippen molar-refractivity contribution in [1.82, 2.24) is 14.8 Å². The van der Waals surface area contributed by atoms with Gasteiger partial charge >= 0.3 is 12.4 Å². The number of amides is 1. The van der Waals surface area contributed by atoms with Crippen molar-refractivity contribution in [1.29, 1.82) is 0 Å². The van der Waals surface area contributed by atoms with Crippen LogP contribution in [0.1, 0.15) is 28.2 Å². The van der Waals surface area contributed by atoms with Crippen LogP contribution < -0.4 is 11.1 Å². The monoisotopic (exact) mass is 529 g/mol. The van der Waals surface area contributed by atoms with Crippen LogP contribution in [0.3, 0.4) is 0 Å². The van der Waals surface area contributed by atoms with E-state index in [0.717, 1.165) is 12.3 Å². The fourth-order valence-electron chi connectivity index (χ4n) is 3.67. The summed E-state index contributed by atoms with van der Waals surface area (Å²) >= 11 is 0. The molecular formula is C23H21F6N5O3. The van der Waals surface area contributed by atoms with Crippen molar-refractivity contribution in [2.45, 2.75) is 24.4 Å². The molecule has 0 bridgehead atoms. The maximum atomic E-state index is 14.3. The van der Waals surface area contributed by atoms with Crippen molar-refractivity contribution < 1.29 is 40.6 Å². The molecule has 0 saturated heterocycles. The summed E-state index contributed by atoms with van der Waals surface area (Å²) in [6.07, 6.45) is -3.24. The fourth-order valence-corrected chi connectivity index (χ4v) is 3.67. The third-order valence-electron chi connectivity index (χ3n) is 5.38. The number of halogens is 6. The molecule has 0 saturated carbocycles. The second-order valence-corrected chi connectivity index (χ2v) is 7.69.